The van der Waals surface area contributed by atoms with Crippen LogP contribution in [0.2, 0.25) is 0 Å². The summed E-state index contributed by atoms with van der Waals surface area (Å²) >= 11 is 0. The minimum atomic E-state index is -0.737. The lowest BCUT2D eigenvalue weighted by Gasteiger charge is -2.07. The number of hydrogen-bond acceptors (Lipinski definition) is 4. The Kier molecular flexibility index (Phi) is 3.60. The Morgan fingerprint density at radius 1 is 1.07 bits per heavy atom. The van der Waals surface area contributed by atoms with Crippen LogP contribution in [0.4, 0.5) is 0 Å². The zero-order chi connectivity index (χ0) is 20.1. The van der Waals surface area contributed by atoms with E-state index in [-0.39, 0.29) is 11.2 Å². The molecule has 0 saturated heterocycles. The summed E-state index contributed by atoms with van der Waals surface area (Å²) in [7, 11) is 0. The highest BCUT2D eigenvalue weighted by atomic mass is 16.2. The van der Waals surface area contributed by atoms with Gasteiger partial charge in [0.15, 0.2) is 17.2 Å². The largest absolute Gasteiger partial charge is 0.364 e. The number of aromatic amines is 2. The summed E-state index contributed by atoms with van der Waals surface area (Å²) in [6, 6.07) is 15.1. The van der Waals surface area contributed by atoms with Crippen LogP contribution >= 0.6 is 0 Å². The van der Waals surface area contributed by atoms with Crippen molar-refractivity contribution in [3.63, 3.8) is 0 Å². The van der Waals surface area contributed by atoms with E-state index < -0.39 is 11.6 Å². The van der Waals surface area contributed by atoms with E-state index in [1.807, 2.05) is 61.7 Å². The molecule has 0 atom stereocenters. The summed E-state index contributed by atoms with van der Waals surface area (Å²) in [5.41, 5.74) is 9.01. The summed E-state index contributed by atoms with van der Waals surface area (Å²) in [6.45, 7) is 1.96. The molecule has 0 fully saturated rings. The van der Waals surface area contributed by atoms with Gasteiger partial charge in [0.2, 0.25) is 0 Å². The number of imidazole rings is 1. The molecule has 0 aliphatic carbocycles. The van der Waals surface area contributed by atoms with Crippen LogP contribution < -0.4 is 11.4 Å². The minimum Gasteiger partial charge on any atom is -0.364 e. The summed E-state index contributed by atoms with van der Waals surface area (Å²) < 4.78 is 1.42. The van der Waals surface area contributed by atoms with Gasteiger partial charge < -0.3 is 15.7 Å². The Hall–Kier alpha value is -4.20. The van der Waals surface area contributed by atoms with E-state index in [1.54, 1.807) is 0 Å². The second kappa shape index (κ2) is 6.16. The molecular formula is C21H16N6O2. The van der Waals surface area contributed by atoms with Crippen molar-refractivity contribution in [1.82, 2.24) is 24.5 Å². The van der Waals surface area contributed by atoms with Crippen LogP contribution in [0.1, 0.15) is 16.1 Å². The third-order valence-electron chi connectivity index (χ3n) is 4.87. The molecule has 0 spiro atoms. The third kappa shape index (κ3) is 2.69. The molecule has 5 rings (SSSR count). The molecule has 0 saturated carbocycles. The number of carbonyl (C=O) groups excluding carboxylic acids is 1. The van der Waals surface area contributed by atoms with Crippen molar-refractivity contribution in [3.8, 4) is 17.1 Å². The van der Waals surface area contributed by atoms with Crippen LogP contribution in [0.5, 0.6) is 0 Å². The summed E-state index contributed by atoms with van der Waals surface area (Å²) in [5, 5.41) is 0.983. The molecule has 5 aromatic rings. The van der Waals surface area contributed by atoms with Crippen LogP contribution in [-0.2, 0) is 0 Å². The van der Waals surface area contributed by atoms with Crippen LogP contribution in [0.25, 0.3) is 39.1 Å². The normalized spacial score (nSPS) is 11.3. The topological polar surface area (TPSA) is 122 Å². The second-order valence-corrected chi connectivity index (χ2v) is 6.84. The molecule has 0 unspecified atom stereocenters. The van der Waals surface area contributed by atoms with Gasteiger partial charge in [-0.2, -0.15) is 0 Å². The Labute approximate surface area is 164 Å². The van der Waals surface area contributed by atoms with Crippen molar-refractivity contribution in [2.24, 2.45) is 5.73 Å². The van der Waals surface area contributed by atoms with E-state index in [9.17, 15) is 9.59 Å². The Morgan fingerprint density at radius 3 is 2.62 bits per heavy atom. The maximum absolute atomic E-state index is 12.7. The van der Waals surface area contributed by atoms with Gasteiger partial charge in [-0.05, 0) is 43.3 Å². The molecule has 0 aliphatic heterocycles. The average molecular weight is 384 g/mol. The smallest absolute Gasteiger partial charge is 0.332 e. The van der Waals surface area contributed by atoms with Gasteiger partial charge in [0.05, 0.1) is 5.69 Å². The first-order valence-corrected chi connectivity index (χ1v) is 8.98. The summed E-state index contributed by atoms with van der Waals surface area (Å²) in [6.07, 6.45) is 1.84. The van der Waals surface area contributed by atoms with Crippen molar-refractivity contribution in [3.05, 3.63) is 76.5 Å². The van der Waals surface area contributed by atoms with Gasteiger partial charge in [0.25, 0.3) is 5.91 Å². The number of hydrogen-bond donors (Lipinski definition) is 3. The Bertz CT molecular complexity index is 1460. The first-order valence-electron chi connectivity index (χ1n) is 8.98. The van der Waals surface area contributed by atoms with Gasteiger partial charge in [-0.15, -0.1) is 0 Å². The second-order valence-electron chi connectivity index (χ2n) is 6.84. The van der Waals surface area contributed by atoms with E-state index >= 15 is 0 Å². The number of H-pyrrole nitrogens is 2. The molecule has 8 nitrogen and oxygen atoms in total. The van der Waals surface area contributed by atoms with Gasteiger partial charge in [0, 0.05) is 22.7 Å². The van der Waals surface area contributed by atoms with Crippen LogP contribution in [0.3, 0.4) is 0 Å². The Balaban J connectivity index is 1.82. The average Bonchev–Trinajstić information content (AvgIpc) is 3.30. The fourth-order valence-electron chi connectivity index (χ4n) is 3.42. The fourth-order valence-corrected chi connectivity index (χ4v) is 3.42. The fraction of sp³-hybridized carbons (Fsp3) is 0.0476. The summed E-state index contributed by atoms with van der Waals surface area (Å²) in [5.74, 6) is -0.423. The van der Waals surface area contributed by atoms with E-state index in [2.05, 4.69) is 19.9 Å². The van der Waals surface area contributed by atoms with Gasteiger partial charge in [-0.3, -0.25) is 4.79 Å². The van der Waals surface area contributed by atoms with Crippen molar-refractivity contribution in [2.75, 3.05) is 0 Å². The van der Waals surface area contributed by atoms with Crippen molar-refractivity contribution in [1.29, 1.82) is 0 Å². The minimum absolute atomic E-state index is 0.0258. The monoisotopic (exact) mass is 384 g/mol. The summed E-state index contributed by atoms with van der Waals surface area (Å²) in [4.78, 5) is 39.5. The van der Waals surface area contributed by atoms with Crippen LogP contribution in [0.15, 0.2) is 59.5 Å². The maximum atomic E-state index is 12.7. The molecule has 4 N–H and O–H groups in total. The molecule has 3 aromatic heterocycles. The number of aryl methyl sites for hydroxylation is 1. The molecule has 0 radical (unpaired) electrons. The van der Waals surface area contributed by atoms with Crippen LogP contribution in [0, 0.1) is 6.92 Å². The quantitative estimate of drug-likeness (QED) is 0.442. The predicted molar refractivity (Wildman–Crippen MR) is 110 cm³/mol. The van der Waals surface area contributed by atoms with Gasteiger partial charge in [-0.1, -0.05) is 17.7 Å². The molecule has 8 heteroatoms. The van der Waals surface area contributed by atoms with Crippen molar-refractivity contribution in [2.45, 2.75) is 6.92 Å². The molecule has 3 heterocycles. The molecule has 0 aliphatic rings. The highest BCUT2D eigenvalue weighted by Crippen LogP contribution is 2.25. The third-order valence-corrected chi connectivity index (χ3v) is 4.87. The lowest BCUT2D eigenvalue weighted by atomic mass is 10.1. The number of nitrogens with one attached hydrogen (secondary N) is 2. The molecule has 0 bridgehead atoms. The number of fused-ring (bicyclic) bond motifs is 2. The highest BCUT2D eigenvalue weighted by Gasteiger charge is 2.20. The van der Waals surface area contributed by atoms with E-state index in [0.717, 1.165) is 16.5 Å². The number of amides is 1. The molecule has 142 valence electrons. The van der Waals surface area contributed by atoms with Crippen LogP contribution in [-0.4, -0.2) is 30.4 Å². The molecule has 2 aromatic carbocycles. The number of primary amides is 1. The molecule has 29 heavy (non-hydrogen) atoms. The molecule has 1 amide bonds. The maximum Gasteiger partial charge on any atom is 0.332 e. The van der Waals surface area contributed by atoms with Crippen molar-refractivity contribution < 1.29 is 4.79 Å². The Morgan fingerprint density at radius 2 is 1.86 bits per heavy atom. The van der Waals surface area contributed by atoms with E-state index in [1.165, 1.54) is 4.57 Å². The standard InChI is InChI=1S/C21H16N6O2/c1-11-2-5-14(6-3-11)27-20-17(25-21(27)29)16(18(22)28)24-19(26-20)13-4-7-15-12(10-13)8-9-23-15/h2-10,23H,1H3,(H2,22,28)(H,25,29). The first kappa shape index (κ1) is 16.9. The SMILES string of the molecule is Cc1ccc(-n2c(=O)[nH]c3c(C(N)=O)nc(-c4ccc5[nH]ccc5c4)nc32)cc1. The van der Waals surface area contributed by atoms with E-state index in [0.29, 0.717) is 22.7 Å². The van der Waals surface area contributed by atoms with Gasteiger partial charge >= 0.3 is 5.69 Å². The number of rotatable bonds is 3. The number of benzene rings is 2. The zero-order valence-electron chi connectivity index (χ0n) is 15.4. The lowest BCUT2D eigenvalue weighted by Crippen LogP contribution is -2.15. The molecular weight excluding hydrogens is 368 g/mol. The first-order chi connectivity index (χ1) is 14.0. The number of carbonyl (C=O) groups is 1. The van der Waals surface area contributed by atoms with Gasteiger partial charge in [-0.25, -0.2) is 19.3 Å². The number of nitrogens with two attached hydrogens (primary N) is 1. The van der Waals surface area contributed by atoms with E-state index in [4.69, 9.17) is 5.73 Å². The highest BCUT2D eigenvalue weighted by molar-refractivity contribution is 6.02. The zero-order valence-corrected chi connectivity index (χ0v) is 15.4. The lowest BCUT2D eigenvalue weighted by molar-refractivity contribution is 0.0997. The number of nitrogens with zero attached hydrogens (tertiary/aromatic N) is 3. The van der Waals surface area contributed by atoms with Crippen molar-refractivity contribution >= 4 is 28.0 Å². The number of aromatic nitrogens is 5. The predicted octanol–water partition coefficient (Wildman–Crippen LogP) is 2.66. The van der Waals surface area contributed by atoms with Gasteiger partial charge in [0.1, 0.15) is 5.52 Å².